The van der Waals surface area contributed by atoms with Gasteiger partial charge in [-0.25, -0.2) is 4.68 Å². The molecule has 0 saturated carbocycles. The molecule has 3 rings (SSSR count). The zero-order chi connectivity index (χ0) is 17.1. The Labute approximate surface area is 139 Å². The molecule has 0 unspecified atom stereocenters. The van der Waals surface area contributed by atoms with Gasteiger partial charge in [-0.3, -0.25) is 4.79 Å². The lowest BCUT2D eigenvalue weighted by Crippen LogP contribution is -2.29. The normalized spacial score (nSPS) is 12.0. The third-order valence-electron chi connectivity index (χ3n) is 3.95. The molecule has 2 heterocycles. The predicted molar refractivity (Wildman–Crippen MR) is 87.1 cm³/mol. The molecule has 1 aromatic carbocycles. The van der Waals surface area contributed by atoms with Gasteiger partial charge in [-0.1, -0.05) is 17.3 Å². The number of carbonyl (C=O) groups is 1. The topological polar surface area (TPSA) is 73.4 Å². The number of benzene rings is 1. The Hall–Kier alpha value is -3.09. The quantitative estimate of drug-likeness (QED) is 0.721. The van der Waals surface area contributed by atoms with Crippen LogP contribution in [0.1, 0.15) is 29.0 Å². The van der Waals surface area contributed by atoms with Crippen molar-refractivity contribution in [1.82, 2.24) is 19.8 Å². The first kappa shape index (κ1) is 15.8. The first-order valence-corrected chi connectivity index (χ1v) is 7.47. The van der Waals surface area contributed by atoms with Crippen LogP contribution in [0.4, 0.5) is 0 Å². The first-order valence-electron chi connectivity index (χ1n) is 7.47. The van der Waals surface area contributed by atoms with Crippen LogP contribution < -0.4 is 4.74 Å². The number of carbonyl (C=O) groups excluding carboxylic acids is 1. The lowest BCUT2D eigenvalue weighted by Gasteiger charge is -2.22. The second-order valence-corrected chi connectivity index (χ2v) is 5.36. The SMILES string of the molecule is COc1ccccc1-n1cc(C(=O)N(C)[C@H](C)c2ccon2)cn1. The van der Waals surface area contributed by atoms with E-state index < -0.39 is 0 Å². The summed E-state index contributed by atoms with van der Waals surface area (Å²) < 4.78 is 11.8. The van der Waals surface area contributed by atoms with Crippen LogP contribution in [0.5, 0.6) is 5.75 Å². The molecule has 7 nitrogen and oxygen atoms in total. The highest BCUT2D eigenvalue weighted by Gasteiger charge is 2.22. The van der Waals surface area contributed by atoms with Crippen LogP contribution in [0, 0.1) is 0 Å². The van der Waals surface area contributed by atoms with Gasteiger partial charge in [-0.15, -0.1) is 0 Å². The van der Waals surface area contributed by atoms with Crippen molar-refractivity contribution in [3.05, 3.63) is 60.2 Å². The van der Waals surface area contributed by atoms with Gasteiger partial charge in [0.25, 0.3) is 5.91 Å². The van der Waals surface area contributed by atoms with E-state index in [4.69, 9.17) is 9.26 Å². The molecule has 1 atom stereocenters. The molecule has 0 aliphatic heterocycles. The van der Waals surface area contributed by atoms with Gasteiger partial charge in [0, 0.05) is 19.3 Å². The number of hydrogen-bond donors (Lipinski definition) is 0. The Morgan fingerprint density at radius 2 is 2.12 bits per heavy atom. The highest BCUT2D eigenvalue weighted by atomic mass is 16.5. The first-order chi connectivity index (χ1) is 11.6. The van der Waals surface area contributed by atoms with E-state index in [1.165, 1.54) is 6.26 Å². The molecule has 0 bridgehead atoms. The average Bonchev–Trinajstić information content (AvgIpc) is 3.31. The fourth-order valence-corrected chi connectivity index (χ4v) is 2.40. The van der Waals surface area contributed by atoms with Crippen molar-refractivity contribution < 1.29 is 14.1 Å². The predicted octanol–water partition coefficient (Wildman–Crippen LogP) is 2.70. The molecule has 2 aromatic heterocycles. The summed E-state index contributed by atoms with van der Waals surface area (Å²) >= 11 is 0. The van der Waals surface area contributed by atoms with Crippen LogP contribution in [-0.4, -0.2) is 39.9 Å². The van der Waals surface area contributed by atoms with Crippen LogP contribution in [0.3, 0.4) is 0 Å². The number of hydrogen-bond acceptors (Lipinski definition) is 5. The van der Waals surface area contributed by atoms with E-state index in [1.54, 1.807) is 42.2 Å². The Balaban J connectivity index is 1.83. The largest absolute Gasteiger partial charge is 0.494 e. The van der Waals surface area contributed by atoms with Gasteiger partial charge in [-0.2, -0.15) is 5.10 Å². The second-order valence-electron chi connectivity index (χ2n) is 5.36. The lowest BCUT2D eigenvalue weighted by molar-refractivity contribution is 0.0737. The molecular formula is C17H18N4O3. The molecular weight excluding hydrogens is 308 g/mol. The van der Waals surface area contributed by atoms with Gasteiger partial charge in [0.1, 0.15) is 23.4 Å². The number of methoxy groups -OCH3 is 1. The molecule has 124 valence electrons. The maximum atomic E-state index is 12.7. The summed E-state index contributed by atoms with van der Waals surface area (Å²) in [5.74, 6) is 0.538. The summed E-state index contributed by atoms with van der Waals surface area (Å²) in [6.07, 6.45) is 4.72. The Morgan fingerprint density at radius 1 is 1.33 bits per heavy atom. The van der Waals surface area contributed by atoms with E-state index in [0.29, 0.717) is 17.0 Å². The molecule has 0 N–H and O–H groups in total. The van der Waals surface area contributed by atoms with Gasteiger partial charge in [0.2, 0.25) is 0 Å². The van der Waals surface area contributed by atoms with Gasteiger partial charge in [0.15, 0.2) is 0 Å². The molecule has 7 heteroatoms. The highest BCUT2D eigenvalue weighted by Crippen LogP contribution is 2.23. The Bertz CT molecular complexity index is 826. The monoisotopic (exact) mass is 326 g/mol. The van der Waals surface area contributed by atoms with Crippen molar-refractivity contribution in [2.45, 2.75) is 13.0 Å². The maximum absolute atomic E-state index is 12.7. The van der Waals surface area contributed by atoms with Gasteiger partial charge in [0.05, 0.1) is 24.9 Å². The van der Waals surface area contributed by atoms with Crippen LogP contribution in [-0.2, 0) is 0 Å². The van der Waals surface area contributed by atoms with Crippen molar-refractivity contribution in [3.63, 3.8) is 0 Å². The summed E-state index contributed by atoms with van der Waals surface area (Å²) in [5, 5.41) is 8.16. The third-order valence-corrected chi connectivity index (χ3v) is 3.95. The summed E-state index contributed by atoms with van der Waals surface area (Å²) in [4.78, 5) is 14.3. The zero-order valence-corrected chi connectivity index (χ0v) is 13.7. The maximum Gasteiger partial charge on any atom is 0.257 e. The van der Waals surface area contributed by atoms with Crippen molar-refractivity contribution >= 4 is 5.91 Å². The van der Waals surface area contributed by atoms with E-state index in [2.05, 4.69) is 10.3 Å². The lowest BCUT2D eigenvalue weighted by atomic mass is 10.2. The van der Waals surface area contributed by atoms with Crippen molar-refractivity contribution in [1.29, 1.82) is 0 Å². The molecule has 0 radical (unpaired) electrons. The number of aromatic nitrogens is 3. The van der Waals surface area contributed by atoms with E-state index >= 15 is 0 Å². The number of nitrogens with zero attached hydrogens (tertiary/aromatic N) is 4. The second kappa shape index (κ2) is 6.57. The minimum absolute atomic E-state index is 0.147. The number of amides is 1. The minimum Gasteiger partial charge on any atom is -0.494 e. The molecule has 0 spiro atoms. The summed E-state index contributed by atoms with van der Waals surface area (Å²) in [6.45, 7) is 1.89. The molecule has 0 aliphatic carbocycles. The van der Waals surface area contributed by atoms with Gasteiger partial charge in [-0.05, 0) is 19.1 Å². The Morgan fingerprint density at radius 3 is 2.83 bits per heavy atom. The van der Waals surface area contributed by atoms with E-state index in [9.17, 15) is 4.79 Å². The smallest absolute Gasteiger partial charge is 0.257 e. The number of ether oxygens (including phenoxy) is 1. The van der Waals surface area contributed by atoms with Crippen molar-refractivity contribution in [2.24, 2.45) is 0 Å². The fraction of sp³-hybridized carbons (Fsp3) is 0.235. The standard InChI is InChI=1S/C17H18N4O3/c1-12(14-8-9-24-19-14)20(2)17(22)13-10-18-21(11-13)15-6-4-5-7-16(15)23-3/h4-12H,1-3H3/t12-/m1/s1. The molecule has 0 aliphatic rings. The summed E-state index contributed by atoms with van der Waals surface area (Å²) in [6, 6.07) is 9.03. The number of rotatable bonds is 5. The van der Waals surface area contributed by atoms with Crippen LogP contribution in [0.25, 0.3) is 5.69 Å². The highest BCUT2D eigenvalue weighted by molar-refractivity contribution is 5.93. The van der Waals surface area contributed by atoms with Crippen molar-refractivity contribution in [3.8, 4) is 11.4 Å². The van der Waals surface area contributed by atoms with E-state index in [-0.39, 0.29) is 11.9 Å². The molecule has 3 aromatic rings. The average molecular weight is 326 g/mol. The van der Waals surface area contributed by atoms with Crippen LogP contribution >= 0.6 is 0 Å². The third kappa shape index (κ3) is 2.88. The van der Waals surface area contributed by atoms with E-state index in [1.807, 2.05) is 31.2 Å². The van der Waals surface area contributed by atoms with Crippen LogP contribution in [0.15, 0.2) is 53.5 Å². The molecule has 0 fully saturated rings. The van der Waals surface area contributed by atoms with Crippen LogP contribution in [0.2, 0.25) is 0 Å². The Kier molecular flexibility index (Phi) is 4.33. The molecule has 24 heavy (non-hydrogen) atoms. The van der Waals surface area contributed by atoms with Gasteiger partial charge >= 0.3 is 0 Å². The molecule has 1 amide bonds. The summed E-state index contributed by atoms with van der Waals surface area (Å²) in [7, 11) is 3.32. The van der Waals surface area contributed by atoms with Gasteiger partial charge < -0.3 is 14.2 Å². The van der Waals surface area contributed by atoms with E-state index in [0.717, 1.165) is 5.69 Å². The zero-order valence-electron chi connectivity index (χ0n) is 13.7. The molecule has 0 saturated heterocycles. The number of para-hydroxylation sites is 2. The minimum atomic E-state index is -0.203. The summed E-state index contributed by atoms with van der Waals surface area (Å²) in [5.41, 5.74) is 1.95. The van der Waals surface area contributed by atoms with Crippen molar-refractivity contribution in [2.75, 3.05) is 14.2 Å². The fourth-order valence-electron chi connectivity index (χ4n) is 2.40.